The lowest BCUT2D eigenvalue weighted by Gasteiger charge is -2.16. The highest BCUT2D eigenvalue weighted by molar-refractivity contribution is 7.13. The molecule has 0 aliphatic rings. The number of carbonyl (C=O) groups is 2. The van der Waals surface area contributed by atoms with Gasteiger partial charge in [0.1, 0.15) is 6.04 Å². The van der Waals surface area contributed by atoms with Crippen molar-refractivity contribution < 1.29 is 23.3 Å². The first-order valence-corrected chi connectivity index (χ1v) is 9.98. The fourth-order valence-electron chi connectivity index (χ4n) is 2.73. The molecule has 4 rings (SSSR count). The van der Waals surface area contributed by atoms with Gasteiger partial charge in [-0.1, -0.05) is 41.6 Å². The Bertz CT molecular complexity index is 1090. The number of aromatic nitrogens is 2. The zero-order valence-electron chi connectivity index (χ0n) is 15.7. The van der Waals surface area contributed by atoms with Crippen LogP contribution < -0.4 is 5.32 Å². The Morgan fingerprint density at radius 3 is 2.70 bits per heavy atom. The van der Waals surface area contributed by atoms with Crippen LogP contribution in [-0.2, 0) is 22.6 Å². The largest absolute Gasteiger partial charge is 0.459 e. The van der Waals surface area contributed by atoms with Crippen molar-refractivity contribution in [3.8, 4) is 10.8 Å². The minimum absolute atomic E-state index is 0.111. The molecular weight excluding hydrogens is 406 g/mol. The van der Waals surface area contributed by atoms with Crippen LogP contribution in [0.25, 0.3) is 10.8 Å². The number of ether oxygens (including phenoxy) is 1. The molecule has 152 valence electrons. The van der Waals surface area contributed by atoms with E-state index < -0.39 is 17.9 Å². The van der Waals surface area contributed by atoms with E-state index in [1.54, 1.807) is 6.07 Å². The predicted molar refractivity (Wildman–Crippen MR) is 108 cm³/mol. The number of amides is 1. The lowest BCUT2D eigenvalue weighted by molar-refractivity contribution is -0.147. The molecule has 4 aromatic rings. The van der Waals surface area contributed by atoms with Gasteiger partial charge in [0.05, 0.1) is 11.1 Å². The fraction of sp³-hybridized carbons (Fsp3) is 0.143. The van der Waals surface area contributed by atoms with Crippen molar-refractivity contribution in [2.45, 2.75) is 19.1 Å². The molecule has 3 aromatic heterocycles. The lowest BCUT2D eigenvalue weighted by Crippen LogP contribution is -2.43. The summed E-state index contributed by atoms with van der Waals surface area (Å²) in [6.45, 7) is -0.171. The Hall–Kier alpha value is -3.72. The standard InChI is InChI=1S/C21H17N3O5S/c25-19(16-8-4-10-27-16)22-15(12-14-6-2-1-3-7-14)21(26)28-13-18-23-20(29-24-18)17-9-5-11-30-17/h1-11,15H,12-13H2,(H,22,25)/t15-/m0/s1. The Labute approximate surface area is 175 Å². The van der Waals surface area contributed by atoms with Crippen LogP contribution in [0.15, 0.2) is 75.2 Å². The second-order valence-electron chi connectivity index (χ2n) is 6.29. The Balaban J connectivity index is 1.42. The minimum Gasteiger partial charge on any atom is -0.459 e. The molecule has 3 heterocycles. The van der Waals surface area contributed by atoms with Gasteiger partial charge in [-0.05, 0) is 29.1 Å². The predicted octanol–water partition coefficient (Wildman–Crippen LogP) is 3.48. The Kier molecular flexibility index (Phi) is 6.00. The van der Waals surface area contributed by atoms with Crippen LogP contribution in [0, 0.1) is 0 Å². The van der Waals surface area contributed by atoms with Crippen LogP contribution in [0.2, 0.25) is 0 Å². The molecule has 30 heavy (non-hydrogen) atoms. The number of rotatable bonds is 8. The molecule has 1 aromatic carbocycles. The minimum atomic E-state index is -0.909. The van der Waals surface area contributed by atoms with Gasteiger partial charge >= 0.3 is 5.97 Å². The van der Waals surface area contributed by atoms with Gasteiger partial charge in [-0.3, -0.25) is 4.79 Å². The molecular formula is C21H17N3O5S. The normalized spacial score (nSPS) is 11.7. The first-order valence-electron chi connectivity index (χ1n) is 9.10. The summed E-state index contributed by atoms with van der Waals surface area (Å²) in [5, 5.41) is 8.39. The summed E-state index contributed by atoms with van der Waals surface area (Å²) in [5.74, 6) is -0.399. The van der Waals surface area contributed by atoms with Gasteiger partial charge in [-0.25, -0.2) is 4.79 Å². The van der Waals surface area contributed by atoms with Gasteiger partial charge in [-0.15, -0.1) is 11.3 Å². The maximum absolute atomic E-state index is 12.7. The monoisotopic (exact) mass is 423 g/mol. The van der Waals surface area contributed by atoms with E-state index in [4.69, 9.17) is 13.7 Å². The van der Waals surface area contributed by atoms with Crippen molar-refractivity contribution >= 4 is 23.2 Å². The third kappa shape index (κ3) is 4.81. The number of nitrogens with one attached hydrogen (secondary N) is 1. The van der Waals surface area contributed by atoms with Crippen molar-refractivity contribution in [1.82, 2.24) is 15.5 Å². The summed E-state index contributed by atoms with van der Waals surface area (Å²) in [6, 6.07) is 15.3. The number of benzene rings is 1. The van der Waals surface area contributed by atoms with E-state index in [0.717, 1.165) is 10.4 Å². The number of esters is 1. The highest BCUT2D eigenvalue weighted by atomic mass is 32.1. The van der Waals surface area contributed by atoms with Gasteiger partial charge in [0.2, 0.25) is 5.82 Å². The van der Waals surface area contributed by atoms with E-state index in [9.17, 15) is 9.59 Å². The molecule has 0 spiro atoms. The number of furan rings is 1. The van der Waals surface area contributed by atoms with E-state index in [1.807, 2.05) is 47.8 Å². The lowest BCUT2D eigenvalue weighted by atomic mass is 10.1. The number of thiophene rings is 1. The topological polar surface area (TPSA) is 107 Å². The smallest absolute Gasteiger partial charge is 0.329 e. The van der Waals surface area contributed by atoms with Crippen molar-refractivity contribution in [3.05, 3.63) is 83.4 Å². The van der Waals surface area contributed by atoms with Crippen LogP contribution in [0.1, 0.15) is 21.9 Å². The molecule has 0 saturated carbocycles. The van der Waals surface area contributed by atoms with Gasteiger partial charge < -0.3 is 19.0 Å². The van der Waals surface area contributed by atoms with E-state index in [-0.39, 0.29) is 24.6 Å². The van der Waals surface area contributed by atoms with E-state index in [1.165, 1.54) is 23.7 Å². The molecule has 1 amide bonds. The number of carbonyl (C=O) groups excluding carboxylic acids is 2. The van der Waals surface area contributed by atoms with Crippen molar-refractivity contribution in [2.24, 2.45) is 0 Å². The second kappa shape index (κ2) is 9.19. The zero-order valence-corrected chi connectivity index (χ0v) is 16.5. The highest BCUT2D eigenvalue weighted by Gasteiger charge is 2.25. The van der Waals surface area contributed by atoms with Crippen LogP contribution in [0.3, 0.4) is 0 Å². The maximum atomic E-state index is 12.7. The summed E-state index contributed by atoms with van der Waals surface area (Å²) in [6.07, 6.45) is 1.65. The van der Waals surface area contributed by atoms with Gasteiger partial charge in [0.25, 0.3) is 11.8 Å². The average Bonchev–Trinajstić information content (AvgIpc) is 3.54. The quantitative estimate of drug-likeness (QED) is 0.432. The molecule has 0 aliphatic heterocycles. The van der Waals surface area contributed by atoms with Crippen LogP contribution in [0.5, 0.6) is 0 Å². The summed E-state index contributed by atoms with van der Waals surface area (Å²) < 4.78 is 15.6. The SMILES string of the molecule is O=C(N[C@@H](Cc1ccccc1)C(=O)OCc1noc(-c2cccs2)n1)c1ccco1. The first-order chi connectivity index (χ1) is 14.7. The van der Waals surface area contributed by atoms with E-state index in [0.29, 0.717) is 5.89 Å². The summed E-state index contributed by atoms with van der Waals surface area (Å²) in [4.78, 5) is 30.1. The molecule has 0 aliphatic carbocycles. The van der Waals surface area contributed by atoms with E-state index >= 15 is 0 Å². The Morgan fingerprint density at radius 1 is 1.10 bits per heavy atom. The molecule has 9 heteroatoms. The first kappa shape index (κ1) is 19.6. The maximum Gasteiger partial charge on any atom is 0.329 e. The average molecular weight is 423 g/mol. The molecule has 0 saturated heterocycles. The van der Waals surface area contributed by atoms with Gasteiger partial charge in [0.15, 0.2) is 12.4 Å². The molecule has 0 fully saturated rings. The highest BCUT2D eigenvalue weighted by Crippen LogP contribution is 2.22. The van der Waals surface area contributed by atoms with Crippen LogP contribution in [-0.4, -0.2) is 28.1 Å². The van der Waals surface area contributed by atoms with Crippen molar-refractivity contribution in [2.75, 3.05) is 0 Å². The van der Waals surface area contributed by atoms with Crippen LogP contribution >= 0.6 is 11.3 Å². The zero-order chi connectivity index (χ0) is 20.8. The number of hydrogen-bond donors (Lipinski definition) is 1. The summed E-state index contributed by atoms with van der Waals surface area (Å²) in [7, 11) is 0. The molecule has 1 N–H and O–H groups in total. The van der Waals surface area contributed by atoms with Crippen molar-refractivity contribution in [1.29, 1.82) is 0 Å². The van der Waals surface area contributed by atoms with E-state index in [2.05, 4.69) is 15.5 Å². The van der Waals surface area contributed by atoms with Gasteiger partial charge in [-0.2, -0.15) is 4.98 Å². The van der Waals surface area contributed by atoms with Gasteiger partial charge in [0, 0.05) is 6.42 Å². The molecule has 1 atom stereocenters. The molecule has 0 radical (unpaired) electrons. The summed E-state index contributed by atoms with van der Waals surface area (Å²) >= 11 is 1.46. The molecule has 0 unspecified atom stereocenters. The molecule has 0 bridgehead atoms. The third-order valence-corrected chi connectivity index (χ3v) is 5.02. The van der Waals surface area contributed by atoms with Crippen molar-refractivity contribution in [3.63, 3.8) is 0 Å². The second-order valence-corrected chi connectivity index (χ2v) is 7.24. The third-order valence-electron chi connectivity index (χ3n) is 4.16. The fourth-order valence-corrected chi connectivity index (χ4v) is 3.37. The number of hydrogen-bond acceptors (Lipinski definition) is 8. The summed E-state index contributed by atoms with van der Waals surface area (Å²) in [5.41, 5.74) is 0.874. The number of nitrogens with zero attached hydrogens (tertiary/aromatic N) is 2. The Morgan fingerprint density at radius 2 is 1.97 bits per heavy atom. The van der Waals surface area contributed by atoms with Crippen LogP contribution in [0.4, 0.5) is 0 Å². The molecule has 8 nitrogen and oxygen atoms in total.